The molecule has 4 rings (SSSR count). The third-order valence-corrected chi connectivity index (χ3v) is 6.43. The molecule has 4 fully saturated rings. The van der Waals surface area contributed by atoms with E-state index in [1.807, 2.05) is 6.92 Å². The van der Waals surface area contributed by atoms with Crippen molar-refractivity contribution in [2.45, 2.75) is 77.8 Å². The van der Waals surface area contributed by atoms with E-state index >= 15 is 0 Å². The van der Waals surface area contributed by atoms with Gasteiger partial charge in [-0.2, -0.15) is 0 Å². The molecular weight excluding hydrogens is 262 g/mol. The van der Waals surface area contributed by atoms with Crippen molar-refractivity contribution in [1.29, 1.82) is 0 Å². The third-order valence-electron chi connectivity index (χ3n) is 6.43. The molecule has 0 aromatic heterocycles. The van der Waals surface area contributed by atoms with E-state index in [-0.39, 0.29) is 12.0 Å². The lowest BCUT2D eigenvalue weighted by Crippen LogP contribution is -2.57. The van der Waals surface area contributed by atoms with Crippen LogP contribution in [0.3, 0.4) is 0 Å². The number of ether oxygens (including phenoxy) is 1. The first-order chi connectivity index (χ1) is 10.1. The van der Waals surface area contributed by atoms with Gasteiger partial charge in [-0.15, -0.1) is 0 Å². The van der Waals surface area contributed by atoms with Crippen molar-refractivity contribution < 1.29 is 9.53 Å². The lowest BCUT2D eigenvalue weighted by atomic mass is 9.48. The van der Waals surface area contributed by atoms with Crippen LogP contribution in [0.25, 0.3) is 0 Å². The molecule has 0 heterocycles. The normalized spacial score (nSPS) is 40.0. The smallest absolute Gasteiger partial charge is 0.323 e. The highest BCUT2D eigenvalue weighted by atomic mass is 16.5. The topological polar surface area (TPSA) is 38.3 Å². The van der Waals surface area contributed by atoms with Gasteiger partial charge in [-0.1, -0.05) is 6.92 Å². The second kappa shape index (κ2) is 5.91. The van der Waals surface area contributed by atoms with Gasteiger partial charge >= 0.3 is 5.97 Å². The maximum atomic E-state index is 12.1. The van der Waals surface area contributed by atoms with Gasteiger partial charge in [-0.3, -0.25) is 4.79 Å². The van der Waals surface area contributed by atoms with E-state index in [4.69, 9.17) is 4.74 Å². The molecule has 4 saturated carbocycles. The fourth-order valence-corrected chi connectivity index (χ4v) is 5.78. The van der Waals surface area contributed by atoms with Crippen molar-refractivity contribution in [2.24, 2.45) is 23.2 Å². The molecule has 21 heavy (non-hydrogen) atoms. The monoisotopic (exact) mass is 293 g/mol. The number of esters is 1. The first-order valence-corrected chi connectivity index (χ1v) is 8.99. The Bertz CT molecular complexity index is 357. The molecule has 4 aliphatic carbocycles. The molecule has 0 spiro atoms. The van der Waals surface area contributed by atoms with Crippen LogP contribution in [0.2, 0.25) is 0 Å². The Balaban J connectivity index is 1.67. The van der Waals surface area contributed by atoms with Gasteiger partial charge in [0.2, 0.25) is 0 Å². The zero-order chi connectivity index (χ0) is 15.0. The third kappa shape index (κ3) is 2.86. The van der Waals surface area contributed by atoms with Gasteiger partial charge in [0.1, 0.15) is 6.04 Å². The Morgan fingerprint density at radius 3 is 2.10 bits per heavy atom. The maximum absolute atomic E-state index is 12.1. The fourth-order valence-electron chi connectivity index (χ4n) is 5.78. The van der Waals surface area contributed by atoms with Crippen molar-refractivity contribution in [3.63, 3.8) is 0 Å². The van der Waals surface area contributed by atoms with Gasteiger partial charge in [-0.05, 0) is 82.0 Å². The Hall–Kier alpha value is -0.570. The van der Waals surface area contributed by atoms with E-state index in [9.17, 15) is 4.79 Å². The molecule has 0 aromatic rings. The van der Waals surface area contributed by atoms with Gasteiger partial charge in [0.05, 0.1) is 6.61 Å². The predicted molar refractivity (Wildman–Crippen MR) is 83.9 cm³/mol. The van der Waals surface area contributed by atoms with Gasteiger partial charge in [0.25, 0.3) is 0 Å². The summed E-state index contributed by atoms with van der Waals surface area (Å²) in [4.78, 5) is 12.1. The molecule has 2 unspecified atom stereocenters. The summed E-state index contributed by atoms with van der Waals surface area (Å²) in [7, 11) is 0. The van der Waals surface area contributed by atoms with Gasteiger partial charge in [0, 0.05) is 6.04 Å². The Morgan fingerprint density at radius 1 is 1.14 bits per heavy atom. The van der Waals surface area contributed by atoms with E-state index in [0.29, 0.717) is 18.1 Å². The standard InChI is InChI=1S/C18H31NO2/c1-4-16(17(20)21-5-2)19-12(3)18-9-13-6-14(10-18)8-15(7-13)11-18/h12-16,19H,4-11H2,1-3H3. The fraction of sp³-hybridized carbons (Fsp3) is 0.944. The van der Waals surface area contributed by atoms with E-state index in [1.165, 1.54) is 38.5 Å². The second-order valence-corrected chi connectivity index (χ2v) is 7.88. The van der Waals surface area contributed by atoms with Crippen molar-refractivity contribution >= 4 is 5.97 Å². The van der Waals surface area contributed by atoms with Gasteiger partial charge in [0.15, 0.2) is 0 Å². The Kier molecular flexibility index (Phi) is 4.31. The van der Waals surface area contributed by atoms with Crippen molar-refractivity contribution in [1.82, 2.24) is 5.32 Å². The minimum absolute atomic E-state index is 0.0726. The average molecular weight is 293 g/mol. The minimum atomic E-state index is -0.132. The summed E-state index contributed by atoms with van der Waals surface area (Å²) in [6, 6.07) is 0.299. The lowest BCUT2D eigenvalue weighted by Gasteiger charge is -2.59. The van der Waals surface area contributed by atoms with Crippen LogP contribution in [0.5, 0.6) is 0 Å². The molecule has 3 heteroatoms. The van der Waals surface area contributed by atoms with Crippen molar-refractivity contribution in [3.8, 4) is 0 Å². The van der Waals surface area contributed by atoms with Crippen LogP contribution in [0.15, 0.2) is 0 Å². The molecule has 0 saturated heterocycles. The predicted octanol–water partition coefficient (Wildman–Crippen LogP) is 3.52. The number of carbonyl (C=O) groups excluding carboxylic acids is 1. The molecule has 4 bridgehead atoms. The summed E-state index contributed by atoms with van der Waals surface area (Å²) < 4.78 is 5.21. The van der Waals surface area contributed by atoms with E-state index in [0.717, 1.165) is 24.2 Å². The molecule has 4 aliphatic rings. The quantitative estimate of drug-likeness (QED) is 0.761. The highest BCUT2D eigenvalue weighted by molar-refractivity contribution is 5.75. The lowest BCUT2D eigenvalue weighted by molar-refractivity contribution is -0.147. The molecule has 0 aromatic carbocycles. The number of carbonyl (C=O) groups is 1. The molecule has 0 amide bonds. The van der Waals surface area contributed by atoms with E-state index < -0.39 is 0 Å². The number of nitrogens with one attached hydrogen (secondary N) is 1. The van der Waals surface area contributed by atoms with E-state index in [1.54, 1.807) is 0 Å². The summed E-state index contributed by atoms with van der Waals surface area (Å²) in [5.41, 5.74) is 0.453. The Morgan fingerprint density at radius 2 is 1.67 bits per heavy atom. The molecule has 1 N–H and O–H groups in total. The highest BCUT2D eigenvalue weighted by Crippen LogP contribution is 2.61. The maximum Gasteiger partial charge on any atom is 0.323 e. The van der Waals surface area contributed by atoms with Gasteiger partial charge in [-0.25, -0.2) is 0 Å². The van der Waals surface area contributed by atoms with Crippen LogP contribution >= 0.6 is 0 Å². The summed E-state index contributed by atoms with van der Waals surface area (Å²) in [6.07, 6.45) is 9.38. The Labute approximate surface area is 129 Å². The SMILES string of the molecule is CCOC(=O)C(CC)NC(C)C12CC3CC(CC(C3)C1)C2. The van der Waals surface area contributed by atoms with E-state index in [2.05, 4.69) is 19.2 Å². The van der Waals surface area contributed by atoms with Crippen LogP contribution in [0, 0.1) is 23.2 Å². The zero-order valence-corrected chi connectivity index (χ0v) is 13.9. The minimum Gasteiger partial charge on any atom is -0.465 e. The van der Waals surface area contributed by atoms with Crippen LogP contribution in [-0.4, -0.2) is 24.7 Å². The largest absolute Gasteiger partial charge is 0.465 e. The molecule has 0 radical (unpaired) electrons. The van der Waals surface area contributed by atoms with Crippen molar-refractivity contribution in [3.05, 3.63) is 0 Å². The number of hydrogen-bond acceptors (Lipinski definition) is 3. The molecule has 2 atom stereocenters. The van der Waals surface area contributed by atoms with Gasteiger partial charge < -0.3 is 10.1 Å². The van der Waals surface area contributed by atoms with Crippen LogP contribution in [0.1, 0.15) is 65.7 Å². The molecular formula is C18H31NO2. The molecule has 120 valence electrons. The first-order valence-electron chi connectivity index (χ1n) is 8.99. The zero-order valence-electron chi connectivity index (χ0n) is 13.9. The van der Waals surface area contributed by atoms with Crippen molar-refractivity contribution in [2.75, 3.05) is 6.61 Å². The van der Waals surface area contributed by atoms with Crippen LogP contribution in [0.4, 0.5) is 0 Å². The summed E-state index contributed by atoms with van der Waals surface area (Å²) >= 11 is 0. The van der Waals surface area contributed by atoms with Crippen LogP contribution in [-0.2, 0) is 9.53 Å². The number of hydrogen-bond donors (Lipinski definition) is 1. The van der Waals surface area contributed by atoms with Crippen LogP contribution < -0.4 is 5.32 Å². The second-order valence-electron chi connectivity index (χ2n) is 7.88. The highest BCUT2D eigenvalue weighted by Gasteiger charge is 2.53. The summed E-state index contributed by atoms with van der Waals surface area (Å²) in [6.45, 7) is 6.74. The molecule has 0 aliphatic heterocycles. The first kappa shape index (κ1) is 15.3. The molecule has 3 nitrogen and oxygen atoms in total. The average Bonchev–Trinajstić information content (AvgIpc) is 2.43. The number of rotatable bonds is 6. The summed E-state index contributed by atoms with van der Waals surface area (Å²) in [5, 5.41) is 3.63. The summed E-state index contributed by atoms with van der Waals surface area (Å²) in [5.74, 6) is 2.81.